The smallest absolute Gasteiger partial charge is 0.257 e. The third-order valence-corrected chi connectivity index (χ3v) is 7.54. The van der Waals surface area contributed by atoms with Crippen molar-refractivity contribution in [1.29, 1.82) is 0 Å². The van der Waals surface area contributed by atoms with Crippen LogP contribution in [0.1, 0.15) is 48.4 Å². The minimum atomic E-state index is -3.13. The number of sulfone groups is 1. The minimum absolute atomic E-state index is 0.0363. The van der Waals surface area contributed by atoms with E-state index in [4.69, 9.17) is 0 Å². The Balaban J connectivity index is 1.56. The number of carbonyl (C=O) groups is 2. The van der Waals surface area contributed by atoms with Gasteiger partial charge in [0.1, 0.15) is 27.2 Å². The lowest BCUT2D eigenvalue weighted by atomic mass is 9.90. The lowest BCUT2D eigenvalue weighted by molar-refractivity contribution is 0.0279. The molecular formula is C27H32N6O5S. The Bertz CT molecular complexity index is 1520. The summed E-state index contributed by atoms with van der Waals surface area (Å²) in [5, 5.41) is 16.4. The summed E-state index contributed by atoms with van der Waals surface area (Å²) in [5.74, 6) is 0.607. The van der Waals surface area contributed by atoms with Gasteiger partial charge in [0.05, 0.1) is 22.6 Å². The number of phenols is 1. The number of nitrogens with zero attached hydrogens (tertiary/aromatic N) is 4. The van der Waals surface area contributed by atoms with Gasteiger partial charge in [-0.05, 0) is 52.0 Å². The van der Waals surface area contributed by atoms with Crippen molar-refractivity contribution in [3.63, 3.8) is 0 Å². The van der Waals surface area contributed by atoms with Gasteiger partial charge in [0.15, 0.2) is 11.6 Å². The zero-order valence-corrected chi connectivity index (χ0v) is 23.3. The molecular weight excluding hydrogens is 520 g/mol. The van der Waals surface area contributed by atoms with Gasteiger partial charge in [0.25, 0.3) is 5.91 Å². The van der Waals surface area contributed by atoms with E-state index in [1.807, 2.05) is 20.8 Å². The number of phenolic OH excluding ortho intramolecular Hbond substituents is 1. The van der Waals surface area contributed by atoms with Crippen LogP contribution in [0, 0.1) is 5.92 Å². The van der Waals surface area contributed by atoms with Crippen molar-refractivity contribution in [2.75, 3.05) is 29.2 Å². The maximum absolute atomic E-state index is 13.3. The zero-order chi connectivity index (χ0) is 28.5. The molecule has 3 N–H and O–H groups in total. The number of amides is 1. The number of benzene rings is 1. The van der Waals surface area contributed by atoms with Crippen molar-refractivity contribution in [1.82, 2.24) is 19.9 Å². The molecule has 3 heterocycles. The van der Waals surface area contributed by atoms with E-state index in [9.17, 15) is 23.1 Å². The monoisotopic (exact) mass is 552 g/mol. The van der Waals surface area contributed by atoms with Gasteiger partial charge in [-0.2, -0.15) is 0 Å². The zero-order valence-electron chi connectivity index (χ0n) is 22.5. The highest BCUT2D eigenvalue weighted by Crippen LogP contribution is 2.31. The van der Waals surface area contributed by atoms with Gasteiger partial charge in [-0.1, -0.05) is 0 Å². The average molecular weight is 553 g/mol. The molecule has 0 unspecified atom stereocenters. The maximum atomic E-state index is 13.3. The molecule has 11 nitrogen and oxygen atoms in total. The van der Waals surface area contributed by atoms with Crippen LogP contribution in [0.3, 0.4) is 0 Å². The Labute approximate surface area is 227 Å². The molecule has 0 bridgehead atoms. The van der Waals surface area contributed by atoms with Crippen LogP contribution in [0.4, 0.5) is 17.3 Å². The summed E-state index contributed by atoms with van der Waals surface area (Å²) in [7, 11) is -3.13. The summed E-state index contributed by atoms with van der Waals surface area (Å²) in [4.78, 5) is 40.0. The summed E-state index contributed by atoms with van der Waals surface area (Å²) in [6.07, 6.45) is 4.26. The first kappa shape index (κ1) is 28.0. The quantitative estimate of drug-likeness (QED) is 0.336. The molecule has 1 amide bonds. The van der Waals surface area contributed by atoms with Crippen molar-refractivity contribution in [3.05, 3.63) is 53.9 Å². The van der Waals surface area contributed by atoms with Crippen molar-refractivity contribution >= 4 is 38.9 Å². The first-order valence-electron chi connectivity index (χ1n) is 12.5. The third kappa shape index (κ3) is 6.51. The second-order valence-corrected chi connectivity index (χ2v) is 12.3. The first-order chi connectivity index (χ1) is 18.3. The van der Waals surface area contributed by atoms with E-state index in [0.29, 0.717) is 40.8 Å². The molecule has 1 aliphatic heterocycles. The Morgan fingerprint density at radius 2 is 1.87 bits per heavy atom. The molecule has 206 valence electrons. The number of hydrogen-bond acceptors (Lipinski definition) is 10. The lowest BCUT2D eigenvalue weighted by Crippen LogP contribution is -2.59. The predicted molar refractivity (Wildman–Crippen MR) is 149 cm³/mol. The predicted octanol–water partition coefficient (Wildman–Crippen LogP) is 3.52. The van der Waals surface area contributed by atoms with Gasteiger partial charge in [-0.25, -0.2) is 23.4 Å². The molecule has 2 atom stereocenters. The van der Waals surface area contributed by atoms with Crippen molar-refractivity contribution in [2.45, 2.75) is 39.8 Å². The molecule has 4 rings (SSSR count). The molecule has 12 heteroatoms. The number of anilines is 3. The van der Waals surface area contributed by atoms with Crippen LogP contribution in [-0.2, 0) is 9.84 Å². The SMILES string of the molecule is CC(=O)c1cc(-c2nccc(Nc3cc(NC(C)C)c(C(=O)N4C[C@H](CS(C)(=O)=O)[C@H]4C)cn3)n2)ccc1O. The highest BCUT2D eigenvalue weighted by atomic mass is 32.2. The molecule has 1 fully saturated rings. The summed E-state index contributed by atoms with van der Waals surface area (Å²) >= 11 is 0. The fourth-order valence-electron chi connectivity index (χ4n) is 4.47. The summed E-state index contributed by atoms with van der Waals surface area (Å²) < 4.78 is 23.4. The van der Waals surface area contributed by atoms with Crippen molar-refractivity contribution in [2.24, 2.45) is 5.92 Å². The number of likely N-dealkylation sites (tertiary alicyclic amines) is 1. The molecule has 1 aliphatic rings. The highest BCUT2D eigenvalue weighted by Gasteiger charge is 2.41. The number of Topliss-reactive ketones (excluding diaryl/α,β-unsaturated/α-hetero) is 1. The van der Waals surface area contributed by atoms with E-state index in [1.54, 1.807) is 29.3 Å². The summed E-state index contributed by atoms with van der Waals surface area (Å²) in [6, 6.07) is 7.82. The molecule has 2 aromatic heterocycles. The maximum Gasteiger partial charge on any atom is 0.257 e. The average Bonchev–Trinajstić information content (AvgIpc) is 2.85. The van der Waals surface area contributed by atoms with Crippen LogP contribution in [0.15, 0.2) is 42.7 Å². The number of nitrogens with one attached hydrogen (secondary N) is 2. The number of rotatable bonds is 9. The van der Waals surface area contributed by atoms with E-state index >= 15 is 0 Å². The summed E-state index contributed by atoms with van der Waals surface area (Å²) in [6.45, 7) is 7.52. The van der Waals surface area contributed by atoms with Crippen LogP contribution >= 0.6 is 0 Å². The van der Waals surface area contributed by atoms with Crippen LogP contribution < -0.4 is 10.6 Å². The largest absolute Gasteiger partial charge is 0.507 e. The Hall–Kier alpha value is -4.06. The number of pyridine rings is 1. The molecule has 1 saturated heterocycles. The number of aromatic hydroxyl groups is 1. The van der Waals surface area contributed by atoms with E-state index in [1.165, 1.54) is 31.5 Å². The molecule has 3 aromatic rings. The van der Waals surface area contributed by atoms with E-state index in [2.05, 4.69) is 25.6 Å². The van der Waals surface area contributed by atoms with Gasteiger partial charge in [-0.3, -0.25) is 9.59 Å². The van der Waals surface area contributed by atoms with Crippen molar-refractivity contribution < 1.29 is 23.1 Å². The molecule has 1 aromatic carbocycles. The molecule has 0 aliphatic carbocycles. The number of aromatic nitrogens is 3. The van der Waals surface area contributed by atoms with Gasteiger partial charge in [0, 0.05) is 54.8 Å². The van der Waals surface area contributed by atoms with Crippen molar-refractivity contribution in [3.8, 4) is 17.1 Å². The lowest BCUT2D eigenvalue weighted by Gasteiger charge is -2.46. The van der Waals surface area contributed by atoms with Gasteiger partial charge in [-0.15, -0.1) is 0 Å². The number of ketones is 1. The van der Waals surface area contributed by atoms with Crippen LogP contribution in [0.25, 0.3) is 11.4 Å². The van der Waals surface area contributed by atoms with Crippen LogP contribution in [0.5, 0.6) is 5.75 Å². The van der Waals surface area contributed by atoms with Gasteiger partial charge >= 0.3 is 0 Å². The normalized spacial score (nSPS) is 17.0. The minimum Gasteiger partial charge on any atom is -0.507 e. The summed E-state index contributed by atoms with van der Waals surface area (Å²) in [5.41, 5.74) is 1.73. The Morgan fingerprint density at radius 3 is 2.51 bits per heavy atom. The van der Waals surface area contributed by atoms with Gasteiger partial charge in [0.2, 0.25) is 0 Å². The molecule has 0 spiro atoms. The topological polar surface area (TPSA) is 154 Å². The van der Waals surface area contributed by atoms with Gasteiger partial charge < -0.3 is 20.6 Å². The standard InChI is InChI=1S/C27H32N6O5S/c1-15(2)30-22-11-25(29-12-21(22)27(36)33-13-19(16(33)3)14-39(5,37)38)31-24-8-9-28-26(32-24)18-6-7-23(35)20(10-18)17(4)34/h6-12,15-16,19,35H,13-14H2,1-5H3,(H2,28,29,30,31,32)/t16-,19-/m1/s1. The molecule has 0 saturated carbocycles. The Kier molecular flexibility index (Phi) is 7.86. The fraction of sp³-hybridized carbons (Fsp3) is 0.370. The fourth-order valence-corrected chi connectivity index (χ4v) is 5.63. The van der Waals surface area contributed by atoms with Crippen LogP contribution in [-0.4, -0.2) is 75.7 Å². The Morgan fingerprint density at radius 1 is 1.13 bits per heavy atom. The number of hydrogen-bond donors (Lipinski definition) is 3. The highest BCUT2D eigenvalue weighted by molar-refractivity contribution is 7.90. The second kappa shape index (κ2) is 11.0. The molecule has 39 heavy (non-hydrogen) atoms. The van der Waals surface area contributed by atoms with Crippen LogP contribution in [0.2, 0.25) is 0 Å². The van der Waals surface area contributed by atoms with E-state index in [-0.39, 0.29) is 46.8 Å². The number of carbonyl (C=O) groups excluding carboxylic acids is 2. The third-order valence-electron chi connectivity index (χ3n) is 6.51. The second-order valence-electron chi connectivity index (χ2n) is 10.1. The van der Waals surface area contributed by atoms with E-state index in [0.717, 1.165) is 0 Å². The first-order valence-corrected chi connectivity index (χ1v) is 14.6. The van der Waals surface area contributed by atoms with E-state index < -0.39 is 9.84 Å². The molecule has 0 radical (unpaired) electrons.